The average Bonchev–Trinajstić information content (AvgIpc) is 2.76. The summed E-state index contributed by atoms with van der Waals surface area (Å²) < 4.78 is 1.77. The zero-order chi connectivity index (χ0) is 20.8. The van der Waals surface area contributed by atoms with Crippen LogP contribution >= 0.6 is 0 Å². The smallest absolute Gasteiger partial charge is 0.293 e. The topological polar surface area (TPSA) is 70.5 Å². The van der Waals surface area contributed by atoms with Crippen LogP contribution in [0.2, 0.25) is 0 Å². The summed E-state index contributed by atoms with van der Waals surface area (Å²) in [5, 5.41) is 3.08. The van der Waals surface area contributed by atoms with Gasteiger partial charge in [0.05, 0.1) is 17.0 Å². The van der Waals surface area contributed by atoms with Gasteiger partial charge in [0.1, 0.15) is 0 Å². The molecule has 1 amide bonds. The number of benzene rings is 1. The highest BCUT2D eigenvalue weighted by molar-refractivity contribution is 5.80. The number of carbonyl (C=O) groups excluding carboxylic acids is 1. The lowest BCUT2D eigenvalue weighted by molar-refractivity contribution is -0.125. The van der Waals surface area contributed by atoms with Crippen LogP contribution in [0, 0.1) is 5.92 Å². The van der Waals surface area contributed by atoms with Crippen LogP contribution in [0.3, 0.4) is 0 Å². The van der Waals surface area contributed by atoms with Crippen molar-refractivity contribution >= 4 is 22.8 Å². The van der Waals surface area contributed by atoms with Crippen LogP contribution in [0.15, 0.2) is 29.1 Å². The lowest BCUT2D eigenvalue weighted by Gasteiger charge is -2.33. The molecule has 1 aliphatic rings. The van der Waals surface area contributed by atoms with E-state index in [2.05, 4.69) is 29.0 Å². The Bertz CT molecular complexity index is 890. The molecule has 0 saturated carbocycles. The maximum absolute atomic E-state index is 13.1. The van der Waals surface area contributed by atoms with E-state index in [0.717, 1.165) is 50.1 Å². The standard InChI is InChI=1S/C22H33N5O2/c1-4-25(5-2)15-13-23-21(28)17-10-9-14-26(16-17)20-22(29)27(6-3)19-12-8-7-11-18(19)24-20/h7-8,11-12,17H,4-6,9-10,13-16H2,1-3H3,(H,23,28). The third-order valence-electron chi connectivity index (χ3n) is 5.86. The molecule has 1 aromatic heterocycles. The van der Waals surface area contributed by atoms with Gasteiger partial charge in [0.25, 0.3) is 5.56 Å². The highest BCUT2D eigenvalue weighted by atomic mass is 16.2. The second-order valence-electron chi connectivity index (χ2n) is 7.58. The second kappa shape index (κ2) is 9.87. The fraction of sp³-hybridized carbons (Fsp3) is 0.591. The van der Waals surface area contributed by atoms with Crippen molar-refractivity contribution in [1.29, 1.82) is 0 Å². The number of hydrogen-bond acceptors (Lipinski definition) is 5. The summed E-state index contributed by atoms with van der Waals surface area (Å²) in [6.07, 6.45) is 1.73. The maximum atomic E-state index is 13.1. The highest BCUT2D eigenvalue weighted by Gasteiger charge is 2.28. The molecule has 1 aromatic carbocycles. The lowest BCUT2D eigenvalue weighted by Crippen LogP contribution is -2.46. The quantitative estimate of drug-likeness (QED) is 0.736. The predicted molar refractivity (Wildman–Crippen MR) is 117 cm³/mol. The van der Waals surface area contributed by atoms with Crippen molar-refractivity contribution in [1.82, 2.24) is 19.8 Å². The van der Waals surface area contributed by atoms with E-state index < -0.39 is 0 Å². The van der Waals surface area contributed by atoms with Gasteiger partial charge in [-0.05, 0) is 45.0 Å². The number of hydrogen-bond donors (Lipinski definition) is 1. The molecule has 1 atom stereocenters. The molecule has 2 aromatic rings. The van der Waals surface area contributed by atoms with Crippen LogP contribution in [-0.4, -0.2) is 59.6 Å². The van der Waals surface area contributed by atoms with Crippen molar-refractivity contribution in [2.45, 2.75) is 40.2 Å². The summed E-state index contributed by atoms with van der Waals surface area (Å²) in [5.74, 6) is 0.438. The SMILES string of the molecule is CCN(CC)CCNC(=O)C1CCCN(c2nc3ccccc3n(CC)c2=O)C1. The highest BCUT2D eigenvalue weighted by Crippen LogP contribution is 2.21. The van der Waals surface area contributed by atoms with Gasteiger partial charge in [-0.25, -0.2) is 4.98 Å². The molecular weight excluding hydrogens is 366 g/mol. The molecule has 0 spiro atoms. The number of amides is 1. The minimum atomic E-state index is -0.108. The summed E-state index contributed by atoms with van der Waals surface area (Å²) in [5.41, 5.74) is 1.59. The van der Waals surface area contributed by atoms with Gasteiger partial charge >= 0.3 is 0 Å². The van der Waals surface area contributed by atoms with Gasteiger partial charge in [-0.2, -0.15) is 0 Å². The number of anilines is 1. The van der Waals surface area contributed by atoms with Crippen molar-refractivity contribution in [3.05, 3.63) is 34.6 Å². The molecule has 0 radical (unpaired) electrons. The van der Waals surface area contributed by atoms with E-state index in [0.29, 0.717) is 25.5 Å². The number of fused-ring (bicyclic) bond motifs is 1. The van der Waals surface area contributed by atoms with E-state index in [1.807, 2.05) is 36.1 Å². The van der Waals surface area contributed by atoms with E-state index in [9.17, 15) is 9.59 Å². The monoisotopic (exact) mass is 399 g/mol. The summed E-state index contributed by atoms with van der Waals surface area (Å²) in [6.45, 7) is 11.6. The third-order valence-corrected chi connectivity index (χ3v) is 5.86. The van der Waals surface area contributed by atoms with E-state index in [-0.39, 0.29) is 17.4 Å². The molecule has 7 heteroatoms. The number of likely N-dealkylation sites (N-methyl/N-ethyl adjacent to an activating group) is 1. The van der Waals surface area contributed by atoms with E-state index in [4.69, 9.17) is 0 Å². The van der Waals surface area contributed by atoms with Crippen LogP contribution in [0.1, 0.15) is 33.6 Å². The Labute approximate surface area is 172 Å². The molecule has 1 fully saturated rings. The van der Waals surface area contributed by atoms with Gasteiger partial charge in [0, 0.05) is 32.7 Å². The van der Waals surface area contributed by atoms with E-state index in [1.165, 1.54) is 0 Å². The van der Waals surface area contributed by atoms with E-state index >= 15 is 0 Å². The molecule has 1 N–H and O–H groups in total. The number of nitrogens with zero attached hydrogens (tertiary/aromatic N) is 4. The Hall–Kier alpha value is -2.41. The maximum Gasteiger partial charge on any atom is 0.293 e. The van der Waals surface area contributed by atoms with Crippen molar-refractivity contribution < 1.29 is 4.79 Å². The number of piperidine rings is 1. The molecule has 1 saturated heterocycles. The zero-order valence-corrected chi connectivity index (χ0v) is 17.9. The molecule has 0 bridgehead atoms. The van der Waals surface area contributed by atoms with Gasteiger partial charge in [0.15, 0.2) is 5.82 Å². The first-order chi connectivity index (χ1) is 14.1. The first kappa shape index (κ1) is 21.3. The zero-order valence-electron chi connectivity index (χ0n) is 17.9. The molecule has 1 aliphatic heterocycles. The summed E-state index contributed by atoms with van der Waals surface area (Å²) >= 11 is 0. The van der Waals surface area contributed by atoms with Crippen LogP contribution in [0.4, 0.5) is 5.82 Å². The minimum Gasteiger partial charge on any atom is -0.355 e. The van der Waals surface area contributed by atoms with Gasteiger partial charge in [0.2, 0.25) is 5.91 Å². The Morgan fingerprint density at radius 3 is 2.72 bits per heavy atom. The summed E-state index contributed by atoms with van der Waals surface area (Å²) in [7, 11) is 0. The number of nitrogens with one attached hydrogen (secondary N) is 1. The molecule has 7 nitrogen and oxygen atoms in total. The molecule has 0 aliphatic carbocycles. The predicted octanol–water partition coefficient (Wildman–Crippen LogP) is 2.09. The molecular formula is C22H33N5O2. The van der Waals surface area contributed by atoms with Gasteiger partial charge < -0.3 is 19.7 Å². The average molecular weight is 400 g/mol. The van der Waals surface area contributed by atoms with Crippen LogP contribution in [0.25, 0.3) is 11.0 Å². The normalized spacial score (nSPS) is 17.1. The lowest BCUT2D eigenvalue weighted by atomic mass is 9.97. The molecule has 2 heterocycles. The Morgan fingerprint density at radius 1 is 1.24 bits per heavy atom. The number of aromatic nitrogens is 2. The third kappa shape index (κ3) is 4.78. The van der Waals surface area contributed by atoms with Gasteiger partial charge in [-0.3, -0.25) is 9.59 Å². The summed E-state index contributed by atoms with van der Waals surface area (Å²) in [6, 6.07) is 7.73. The van der Waals surface area contributed by atoms with Crippen molar-refractivity contribution in [3.63, 3.8) is 0 Å². The van der Waals surface area contributed by atoms with Crippen LogP contribution in [0.5, 0.6) is 0 Å². The number of para-hydroxylation sites is 2. The molecule has 1 unspecified atom stereocenters. The molecule has 158 valence electrons. The van der Waals surface area contributed by atoms with E-state index in [1.54, 1.807) is 4.57 Å². The Balaban J connectivity index is 1.73. The molecule has 3 rings (SSSR count). The van der Waals surface area contributed by atoms with Gasteiger partial charge in [-0.1, -0.05) is 26.0 Å². The fourth-order valence-corrected chi connectivity index (χ4v) is 4.10. The van der Waals surface area contributed by atoms with Crippen LogP contribution in [-0.2, 0) is 11.3 Å². The van der Waals surface area contributed by atoms with Crippen molar-refractivity contribution in [2.24, 2.45) is 5.92 Å². The van der Waals surface area contributed by atoms with Crippen molar-refractivity contribution in [2.75, 3.05) is 44.2 Å². The second-order valence-corrected chi connectivity index (χ2v) is 7.58. The largest absolute Gasteiger partial charge is 0.355 e. The number of carbonyl (C=O) groups is 1. The summed E-state index contributed by atoms with van der Waals surface area (Å²) in [4.78, 5) is 34.7. The minimum absolute atomic E-state index is 0.0752. The first-order valence-electron chi connectivity index (χ1n) is 10.8. The van der Waals surface area contributed by atoms with Gasteiger partial charge in [-0.15, -0.1) is 0 Å². The number of rotatable bonds is 8. The Kier molecular flexibility index (Phi) is 7.25. The first-order valence-corrected chi connectivity index (χ1v) is 10.8. The van der Waals surface area contributed by atoms with Crippen molar-refractivity contribution in [3.8, 4) is 0 Å². The Morgan fingerprint density at radius 2 is 2.00 bits per heavy atom. The number of aryl methyl sites for hydroxylation is 1. The van der Waals surface area contributed by atoms with Crippen LogP contribution < -0.4 is 15.8 Å². The molecule has 29 heavy (non-hydrogen) atoms. The fourth-order valence-electron chi connectivity index (χ4n) is 4.10.